The van der Waals surface area contributed by atoms with Gasteiger partial charge in [-0.25, -0.2) is 0 Å². The minimum absolute atomic E-state index is 0.925. The highest BCUT2D eigenvalue weighted by Gasteiger charge is 2.13. The van der Waals surface area contributed by atoms with Crippen molar-refractivity contribution >= 4 is 33.3 Å². The lowest BCUT2D eigenvalue weighted by Crippen LogP contribution is -2.10. The summed E-state index contributed by atoms with van der Waals surface area (Å²) < 4.78 is 6.24. The van der Waals surface area contributed by atoms with Gasteiger partial charge in [0, 0.05) is 40.3 Å². The third-order valence-corrected chi connectivity index (χ3v) is 6.32. The summed E-state index contributed by atoms with van der Waals surface area (Å²) in [7, 11) is 2.12. The Morgan fingerprint density at radius 2 is 1.15 bits per heavy atom. The molecule has 2 heteroatoms. The minimum Gasteiger partial charge on any atom is -0.455 e. The standard InChI is InChI=1S/C31H23NO/c1-32(29-16-7-5-12-25(29)22-10-3-2-4-11-22)24-20-18-23(19-21-24)26-14-9-15-28-27-13-6-8-17-30(27)33-31(26)28/h2-21H,1H3. The maximum absolute atomic E-state index is 6.24. The molecule has 0 saturated heterocycles. The van der Waals surface area contributed by atoms with Gasteiger partial charge in [-0.3, -0.25) is 0 Å². The van der Waals surface area contributed by atoms with Crippen LogP contribution in [0, 0.1) is 0 Å². The SMILES string of the molecule is CN(c1ccc(-c2cccc3c2oc2ccccc23)cc1)c1ccccc1-c1ccccc1. The highest BCUT2D eigenvalue weighted by atomic mass is 16.3. The highest BCUT2D eigenvalue weighted by molar-refractivity contribution is 6.09. The van der Waals surface area contributed by atoms with E-state index in [1.165, 1.54) is 16.8 Å². The van der Waals surface area contributed by atoms with E-state index in [0.29, 0.717) is 0 Å². The fourth-order valence-electron chi connectivity index (χ4n) is 4.61. The maximum atomic E-state index is 6.24. The number of benzene rings is 5. The molecule has 0 aliphatic heterocycles. The van der Waals surface area contributed by atoms with Crippen LogP contribution in [-0.4, -0.2) is 7.05 Å². The monoisotopic (exact) mass is 425 g/mol. The Balaban J connectivity index is 1.39. The minimum atomic E-state index is 0.925. The van der Waals surface area contributed by atoms with Gasteiger partial charge in [-0.1, -0.05) is 97.1 Å². The molecule has 1 heterocycles. The molecule has 0 atom stereocenters. The topological polar surface area (TPSA) is 16.4 Å². The fraction of sp³-hybridized carbons (Fsp3) is 0.0323. The first-order valence-corrected chi connectivity index (χ1v) is 11.2. The molecule has 0 bridgehead atoms. The van der Waals surface area contributed by atoms with Crippen LogP contribution >= 0.6 is 0 Å². The summed E-state index contributed by atoms with van der Waals surface area (Å²) in [5.41, 5.74) is 8.87. The zero-order chi connectivity index (χ0) is 22.2. The average Bonchev–Trinajstić information content (AvgIpc) is 3.28. The first-order chi connectivity index (χ1) is 16.3. The summed E-state index contributed by atoms with van der Waals surface area (Å²) >= 11 is 0. The summed E-state index contributed by atoms with van der Waals surface area (Å²) in [6.07, 6.45) is 0. The van der Waals surface area contributed by atoms with Gasteiger partial charge in [0.15, 0.2) is 0 Å². The largest absolute Gasteiger partial charge is 0.455 e. The van der Waals surface area contributed by atoms with Crippen molar-refractivity contribution in [2.75, 3.05) is 11.9 Å². The number of para-hydroxylation sites is 3. The van der Waals surface area contributed by atoms with E-state index >= 15 is 0 Å². The lowest BCUT2D eigenvalue weighted by molar-refractivity contribution is 0.670. The van der Waals surface area contributed by atoms with Crippen molar-refractivity contribution in [3.63, 3.8) is 0 Å². The van der Waals surface area contributed by atoms with Crippen LogP contribution in [0.25, 0.3) is 44.2 Å². The van der Waals surface area contributed by atoms with Crippen LogP contribution in [0.2, 0.25) is 0 Å². The van der Waals surface area contributed by atoms with Gasteiger partial charge in [0.2, 0.25) is 0 Å². The molecule has 0 unspecified atom stereocenters. The van der Waals surface area contributed by atoms with Gasteiger partial charge >= 0.3 is 0 Å². The third kappa shape index (κ3) is 3.37. The van der Waals surface area contributed by atoms with E-state index in [1.807, 2.05) is 12.1 Å². The van der Waals surface area contributed by atoms with Gasteiger partial charge < -0.3 is 9.32 Å². The summed E-state index contributed by atoms with van der Waals surface area (Å²) in [5, 5.41) is 2.31. The summed E-state index contributed by atoms with van der Waals surface area (Å²) in [4.78, 5) is 2.24. The smallest absolute Gasteiger partial charge is 0.143 e. The number of hydrogen-bond donors (Lipinski definition) is 0. The number of anilines is 2. The van der Waals surface area contributed by atoms with Crippen molar-refractivity contribution in [1.82, 2.24) is 0 Å². The maximum Gasteiger partial charge on any atom is 0.143 e. The molecule has 0 fully saturated rings. The van der Waals surface area contributed by atoms with Gasteiger partial charge in [-0.2, -0.15) is 0 Å². The molecule has 0 spiro atoms. The van der Waals surface area contributed by atoms with E-state index in [-0.39, 0.29) is 0 Å². The Morgan fingerprint density at radius 3 is 2.00 bits per heavy atom. The molecule has 158 valence electrons. The van der Waals surface area contributed by atoms with E-state index in [1.54, 1.807) is 0 Å². The molecule has 5 aromatic carbocycles. The predicted molar refractivity (Wildman–Crippen MR) is 139 cm³/mol. The Labute approximate surface area is 193 Å². The van der Waals surface area contributed by atoms with Crippen molar-refractivity contribution < 1.29 is 4.42 Å². The Kier molecular flexibility index (Phi) is 4.70. The molecule has 33 heavy (non-hydrogen) atoms. The zero-order valence-electron chi connectivity index (χ0n) is 18.4. The Bertz CT molecular complexity index is 1560. The molecule has 0 aliphatic rings. The van der Waals surface area contributed by atoms with E-state index in [2.05, 4.69) is 121 Å². The molecule has 0 radical (unpaired) electrons. The average molecular weight is 426 g/mol. The van der Waals surface area contributed by atoms with E-state index in [0.717, 1.165) is 38.8 Å². The fourth-order valence-corrected chi connectivity index (χ4v) is 4.61. The number of hydrogen-bond acceptors (Lipinski definition) is 2. The molecule has 2 nitrogen and oxygen atoms in total. The zero-order valence-corrected chi connectivity index (χ0v) is 18.4. The normalized spacial score (nSPS) is 11.2. The lowest BCUT2D eigenvalue weighted by atomic mass is 10.0. The summed E-state index contributed by atoms with van der Waals surface area (Å²) in [6.45, 7) is 0. The first-order valence-electron chi connectivity index (χ1n) is 11.2. The first kappa shape index (κ1) is 19.4. The Morgan fingerprint density at radius 1 is 0.515 bits per heavy atom. The number of rotatable bonds is 4. The molecule has 0 amide bonds. The van der Waals surface area contributed by atoms with Gasteiger partial charge in [0.25, 0.3) is 0 Å². The number of nitrogens with zero attached hydrogens (tertiary/aromatic N) is 1. The van der Waals surface area contributed by atoms with Crippen molar-refractivity contribution in [3.05, 3.63) is 121 Å². The summed E-state index contributed by atoms with van der Waals surface area (Å²) in [5.74, 6) is 0. The predicted octanol–water partition coefficient (Wildman–Crippen LogP) is 8.69. The van der Waals surface area contributed by atoms with E-state index in [4.69, 9.17) is 4.42 Å². The summed E-state index contributed by atoms with van der Waals surface area (Å²) in [6, 6.07) is 42.4. The van der Waals surface area contributed by atoms with E-state index in [9.17, 15) is 0 Å². The van der Waals surface area contributed by atoms with Gasteiger partial charge in [0.05, 0.1) is 0 Å². The van der Waals surface area contributed by atoms with Crippen LogP contribution < -0.4 is 4.90 Å². The van der Waals surface area contributed by atoms with Crippen LogP contribution in [0.15, 0.2) is 126 Å². The van der Waals surface area contributed by atoms with Gasteiger partial charge in [0.1, 0.15) is 11.2 Å². The molecule has 1 aromatic heterocycles. The quantitative estimate of drug-likeness (QED) is 0.281. The molecule has 6 rings (SSSR count). The molecule has 0 N–H and O–H groups in total. The molecule has 0 saturated carbocycles. The van der Waals surface area contributed by atoms with Crippen molar-refractivity contribution in [3.8, 4) is 22.3 Å². The van der Waals surface area contributed by atoms with Crippen molar-refractivity contribution in [2.45, 2.75) is 0 Å². The molecular formula is C31H23NO. The van der Waals surface area contributed by atoms with Crippen LogP contribution in [0.4, 0.5) is 11.4 Å². The van der Waals surface area contributed by atoms with Crippen molar-refractivity contribution in [1.29, 1.82) is 0 Å². The second-order valence-corrected chi connectivity index (χ2v) is 8.27. The van der Waals surface area contributed by atoms with Crippen LogP contribution in [-0.2, 0) is 0 Å². The molecular weight excluding hydrogens is 402 g/mol. The number of furan rings is 1. The van der Waals surface area contributed by atoms with Gasteiger partial charge in [-0.05, 0) is 35.4 Å². The van der Waals surface area contributed by atoms with Crippen LogP contribution in [0.3, 0.4) is 0 Å². The van der Waals surface area contributed by atoms with Crippen molar-refractivity contribution in [2.24, 2.45) is 0 Å². The second kappa shape index (κ2) is 7.99. The third-order valence-electron chi connectivity index (χ3n) is 6.32. The van der Waals surface area contributed by atoms with Gasteiger partial charge in [-0.15, -0.1) is 0 Å². The van der Waals surface area contributed by atoms with Crippen LogP contribution in [0.5, 0.6) is 0 Å². The highest BCUT2D eigenvalue weighted by Crippen LogP contribution is 2.38. The van der Waals surface area contributed by atoms with Crippen LogP contribution in [0.1, 0.15) is 0 Å². The number of fused-ring (bicyclic) bond motifs is 3. The Hall–Kier alpha value is -4.30. The lowest BCUT2D eigenvalue weighted by Gasteiger charge is -2.23. The molecule has 0 aliphatic carbocycles. The molecule has 6 aromatic rings. The second-order valence-electron chi connectivity index (χ2n) is 8.27. The van der Waals surface area contributed by atoms with E-state index < -0.39 is 0 Å².